The molecule has 0 spiro atoms. The van der Waals surface area contributed by atoms with Crippen LogP contribution in [0.3, 0.4) is 0 Å². The van der Waals surface area contributed by atoms with Gasteiger partial charge in [-0.25, -0.2) is 4.79 Å². The number of fused-ring (bicyclic) bond motifs is 1. The number of carbonyl (C=O) groups excluding carboxylic acids is 1. The molecule has 5 nitrogen and oxygen atoms in total. The third-order valence-corrected chi connectivity index (χ3v) is 6.54. The van der Waals surface area contributed by atoms with Crippen molar-refractivity contribution in [2.24, 2.45) is 5.92 Å². The highest BCUT2D eigenvalue weighted by Gasteiger charge is 2.36. The van der Waals surface area contributed by atoms with Crippen molar-refractivity contribution >= 4 is 17.4 Å². The van der Waals surface area contributed by atoms with Crippen molar-refractivity contribution in [3.8, 4) is 0 Å². The van der Waals surface area contributed by atoms with Crippen LogP contribution in [0.15, 0.2) is 73.5 Å². The third kappa shape index (κ3) is 4.37. The van der Waals surface area contributed by atoms with Gasteiger partial charge in [-0.15, -0.1) is 0 Å². The molecule has 0 unspecified atom stereocenters. The molecule has 0 aromatic heterocycles. The number of anilines is 1. The molecule has 1 saturated heterocycles. The Balaban J connectivity index is 1.36. The fourth-order valence-corrected chi connectivity index (χ4v) is 4.88. The fraction of sp³-hybridized carbons (Fsp3) is 0.346. The number of aliphatic hydroxyl groups is 1. The van der Waals surface area contributed by atoms with E-state index in [1.54, 1.807) is 0 Å². The minimum atomic E-state index is -0.420. The second kappa shape index (κ2) is 9.40. The number of likely N-dealkylation sites (tertiary alicyclic amines) is 1. The molecule has 2 aliphatic heterocycles. The standard InChI is InChI=1S/C26H31N3O2/c1-3-23-21-12-8-9-13-22(21)24(29(23)4-2)18-25(30)19-14-16-28(17-15-19)26(31)27-20-10-6-5-7-11-20/h3-13,19,24-25,30H,2,14-18H2,1H3,(H,27,31)/b23-3-/t24-,25+/m1/s1. The lowest BCUT2D eigenvalue weighted by atomic mass is 9.86. The van der Waals surface area contributed by atoms with Crippen LogP contribution >= 0.6 is 0 Å². The number of piperidine rings is 1. The van der Waals surface area contributed by atoms with E-state index in [0.29, 0.717) is 19.5 Å². The minimum Gasteiger partial charge on any atom is -0.393 e. The zero-order valence-electron chi connectivity index (χ0n) is 18.1. The number of para-hydroxylation sites is 1. The quantitative estimate of drug-likeness (QED) is 0.699. The van der Waals surface area contributed by atoms with Gasteiger partial charge in [0.1, 0.15) is 0 Å². The Bertz CT molecular complexity index is 948. The molecule has 4 rings (SSSR count). The van der Waals surface area contributed by atoms with Crippen LogP contribution in [0.2, 0.25) is 0 Å². The summed E-state index contributed by atoms with van der Waals surface area (Å²) in [5.41, 5.74) is 4.41. The zero-order chi connectivity index (χ0) is 21.8. The van der Waals surface area contributed by atoms with Gasteiger partial charge in [-0.1, -0.05) is 55.1 Å². The number of aliphatic hydroxyl groups excluding tert-OH is 1. The van der Waals surface area contributed by atoms with Crippen molar-refractivity contribution in [1.82, 2.24) is 9.80 Å². The van der Waals surface area contributed by atoms with Crippen LogP contribution in [0, 0.1) is 5.92 Å². The van der Waals surface area contributed by atoms with Crippen molar-refractivity contribution < 1.29 is 9.90 Å². The van der Waals surface area contributed by atoms with Gasteiger partial charge in [-0.2, -0.15) is 0 Å². The Morgan fingerprint density at radius 2 is 1.84 bits per heavy atom. The summed E-state index contributed by atoms with van der Waals surface area (Å²) in [6.07, 6.45) is 5.82. The Morgan fingerprint density at radius 3 is 2.52 bits per heavy atom. The molecular weight excluding hydrogens is 386 g/mol. The molecule has 31 heavy (non-hydrogen) atoms. The van der Waals surface area contributed by atoms with Crippen LogP contribution in [0.4, 0.5) is 10.5 Å². The number of hydrogen-bond acceptors (Lipinski definition) is 3. The van der Waals surface area contributed by atoms with E-state index in [9.17, 15) is 9.90 Å². The lowest BCUT2D eigenvalue weighted by Crippen LogP contribution is -2.43. The number of nitrogens with one attached hydrogen (secondary N) is 1. The maximum absolute atomic E-state index is 12.5. The van der Waals surface area contributed by atoms with Crippen LogP contribution in [-0.4, -0.2) is 40.1 Å². The summed E-state index contributed by atoms with van der Waals surface area (Å²) in [5.74, 6) is 0.189. The highest BCUT2D eigenvalue weighted by Crippen LogP contribution is 2.44. The summed E-state index contributed by atoms with van der Waals surface area (Å²) >= 11 is 0. The van der Waals surface area contributed by atoms with E-state index >= 15 is 0 Å². The smallest absolute Gasteiger partial charge is 0.321 e. The average Bonchev–Trinajstić information content (AvgIpc) is 3.12. The van der Waals surface area contributed by atoms with Gasteiger partial charge in [0.25, 0.3) is 0 Å². The summed E-state index contributed by atoms with van der Waals surface area (Å²) in [6, 6.07) is 17.9. The minimum absolute atomic E-state index is 0.0700. The topological polar surface area (TPSA) is 55.8 Å². The van der Waals surface area contributed by atoms with Crippen LogP contribution in [-0.2, 0) is 0 Å². The molecule has 2 N–H and O–H groups in total. The van der Waals surface area contributed by atoms with Gasteiger partial charge in [-0.05, 0) is 56.0 Å². The molecule has 2 aromatic carbocycles. The molecule has 2 amide bonds. The molecule has 0 saturated carbocycles. The zero-order valence-corrected chi connectivity index (χ0v) is 18.1. The number of rotatable bonds is 5. The van der Waals surface area contributed by atoms with E-state index in [1.165, 1.54) is 11.1 Å². The Morgan fingerprint density at radius 1 is 1.16 bits per heavy atom. The Kier molecular flexibility index (Phi) is 6.42. The maximum atomic E-state index is 12.5. The van der Waals surface area contributed by atoms with Crippen molar-refractivity contribution in [1.29, 1.82) is 0 Å². The molecule has 0 bridgehead atoms. The first-order valence-electron chi connectivity index (χ1n) is 11.1. The average molecular weight is 418 g/mol. The lowest BCUT2D eigenvalue weighted by molar-refractivity contribution is 0.0492. The monoisotopic (exact) mass is 417 g/mol. The molecular formula is C26H31N3O2. The molecule has 2 heterocycles. The number of urea groups is 1. The van der Waals surface area contributed by atoms with E-state index in [4.69, 9.17) is 0 Å². The predicted molar refractivity (Wildman–Crippen MR) is 125 cm³/mol. The maximum Gasteiger partial charge on any atom is 0.321 e. The summed E-state index contributed by atoms with van der Waals surface area (Å²) in [5, 5.41) is 14.0. The number of allylic oxidation sites excluding steroid dienone is 1. The molecule has 0 radical (unpaired) electrons. The number of benzene rings is 2. The van der Waals surface area contributed by atoms with Gasteiger partial charge in [0.2, 0.25) is 0 Å². The highest BCUT2D eigenvalue weighted by atomic mass is 16.3. The highest BCUT2D eigenvalue weighted by molar-refractivity contribution is 5.89. The van der Waals surface area contributed by atoms with E-state index in [2.05, 4.69) is 47.1 Å². The molecule has 2 atom stereocenters. The van der Waals surface area contributed by atoms with E-state index in [0.717, 1.165) is 24.2 Å². The number of nitrogens with zero attached hydrogens (tertiary/aromatic N) is 2. The predicted octanol–water partition coefficient (Wildman–Crippen LogP) is 5.24. The Labute approximate surface area is 184 Å². The van der Waals surface area contributed by atoms with Crippen molar-refractivity contribution in [2.75, 3.05) is 18.4 Å². The summed E-state index contributed by atoms with van der Waals surface area (Å²) in [6.45, 7) is 7.37. The van der Waals surface area contributed by atoms with Gasteiger partial charge in [0, 0.05) is 30.0 Å². The Hall–Kier alpha value is -3.05. The van der Waals surface area contributed by atoms with Crippen molar-refractivity contribution in [2.45, 2.75) is 38.3 Å². The van der Waals surface area contributed by atoms with Crippen LogP contribution in [0.25, 0.3) is 5.70 Å². The van der Waals surface area contributed by atoms with Gasteiger partial charge in [0.15, 0.2) is 0 Å². The summed E-state index contributed by atoms with van der Waals surface area (Å²) in [7, 11) is 0. The SMILES string of the molecule is C=CN1/C(=C\C)c2ccccc2[C@H]1C[C@H](O)C1CCN(C(=O)Nc2ccccc2)CC1. The molecule has 0 aliphatic carbocycles. The number of hydrogen-bond donors (Lipinski definition) is 2. The fourth-order valence-electron chi connectivity index (χ4n) is 4.88. The third-order valence-electron chi connectivity index (χ3n) is 6.54. The van der Waals surface area contributed by atoms with Gasteiger partial charge in [0.05, 0.1) is 12.1 Å². The first-order chi connectivity index (χ1) is 15.1. The van der Waals surface area contributed by atoms with Gasteiger partial charge < -0.3 is 20.2 Å². The number of carbonyl (C=O) groups is 1. The van der Waals surface area contributed by atoms with Crippen LogP contribution in [0.1, 0.15) is 43.4 Å². The molecule has 2 aromatic rings. The lowest BCUT2D eigenvalue weighted by Gasteiger charge is -2.36. The second-order valence-corrected chi connectivity index (χ2v) is 8.29. The van der Waals surface area contributed by atoms with Crippen LogP contribution in [0.5, 0.6) is 0 Å². The van der Waals surface area contributed by atoms with Gasteiger partial charge in [-0.3, -0.25) is 0 Å². The van der Waals surface area contributed by atoms with Crippen LogP contribution < -0.4 is 5.32 Å². The van der Waals surface area contributed by atoms with E-state index in [1.807, 2.05) is 48.4 Å². The number of amides is 2. The molecule has 1 fully saturated rings. The van der Waals surface area contributed by atoms with Crippen molar-refractivity contribution in [3.63, 3.8) is 0 Å². The van der Waals surface area contributed by atoms with Crippen molar-refractivity contribution in [3.05, 3.63) is 84.6 Å². The van der Waals surface area contributed by atoms with Gasteiger partial charge >= 0.3 is 6.03 Å². The largest absolute Gasteiger partial charge is 0.393 e. The molecule has 2 aliphatic rings. The van der Waals surface area contributed by atoms with E-state index < -0.39 is 6.10 Å². The van der Waals surface area contributed by atoms with E-state index in [-0.39, 0.29) is 18.0 Å². The second-order valence-electron chi connectivity index (χ2n) is 8.29. The summed E-state index contributed by atoms with van der Waals surface area (Å²) in [4.78, 5) is 16.6. The normalized spacial score (nSPS) is 21.1. The molecule has 162 valence electrons. The first kappa shape index (κ1) is 21.2. The molecule has 5 heteroatoms. The summed E-state index contributed by atoms with van der Waals surface area (Å²) < 4.78 is 0. The first-order valence-corrected chi connectivity index (χ1v) is 11.1.